The molecule has 1 aliphatic heterocycles. The van der Waals surface area contributed by atoms with Gasteiger partial charge >= 0.3 is 7.82 Å². The van der Waals surface area contributed by atoms with Gasteiger partial charge in [-0.3, -0.25) is 13.6 Å². The van der Waals surface area contributed by atoms with Gasteiger partial charge < -0.3 is 13.8 Å². The molecule has 0 saturated carbocycles. The van der Waals surface area contributed by atoms with Crippen LogP contribution in [0.25, 0.3) is 0 Å². The second-order valence-electron chi connectivity index (χ2n) is 6.12. The van der Waals surface area contributed by atoms with Gasteiger partial charge in [-0.1, -0.05) is 40.5 Å². The zero-order valence-electron chi connectivity index (χ0n) is 15.3. The number of unbranched alkanes of at least 4 members (excludes halogenated alkanes) is 2. The summed E-state index contributed by atoms with van der Waals surface area (Å²) in [6, 6.07) is 0. The number of hydrogen-bond acceptors (Lipinski definition) is 7. The molecule has 1 fully saturated rings. The van der Waals surface area contributed by atoms with Gasteiger partial charge in [0.05, 0.1) is 26.4 Å². The van der Waals surface area contributed by atoms with Crippen LogP contribution in [-0.2, 0) is 32.0 Å². The third-order valence-corrected chi connectivity index (χ3v) is 5.84. The van der Waals surface area contributed by atoms with Crippen molar-refractivity contribution in [2.45, 2.75) is 53.4 Å². The highest BCUT2D eigenvalue weighted by molar-refractivity contribution is 7.51. The zero-order chi connectivity index (χ0) is 18.5. The summed E-state index contributed by atoms with van der Waals surface area (Å²) in [5, 5.41) is 0. The van der Waals surface area contributed by atoms with Gasteiger partial charge in [-0.15, -0.1) is 0 Å². The molecule has 0 unspecified atom stereocenters. The molecule has 1 aliphatic rings. The van der Waals surface area contributed by atoms with E-state index in [1.54, 1.807) is 0 Å². The van der Waals surface area contributed by atoms with Crippen LogP contribution in [0.2, 0.25) is 0 Å². The van der Waals surface area contributed by atoms with Gasteiger partial charge in [0.25, 0.3) is 0 Å². The van der Waals surface area contributed by atoms with Gasteiger partial charge in [0.15, 0.2) is 8.38 Å². The normalized spacial score (nSPS) is 18.9. The Kier molecular flexibility index (Phi) is 13.4. The van der Waals surface area contributed by atoms with Gasteiger partial charge in [0.1, 0.15) is 13.1 Å². The predicted octanol–water partition coefficient (Wildman–Crippen LogP) is 4.90. The molecule has 1 saturated heterocycles. The Morgan fingerprint density at radius 3 is 1.92 bits per heavy atom. The fourth-order valence-electron chi connectivity index (χ4n) is 1.51. The highest BCUT2D eigenvalue weighted by Gasteiger charge is 2.38. The first-order valence-corrected chi connectivity index (χ1v) is 11.1. The van der Waals surface area contributed by atoms with E-state index in [0.717, 1.165) is 25.7 Å². The van der Waals surface area contributed by atoms with E-state index >= 15 is 0 Å². The maximum absolute atomic E-state index is 12.3. The molecule has 0 aliphatic carbocycles. The lowest BCUT2D eigenvalue weighted by atomic mass is 9.97. The minimum atomic E-state index is -3.47. The summed E-state index contributed by atoms with van der Waals surface area (Å²) in [5.41, 5.74) is -0.142. The molecule has 0 spiro atoms. The Morgan fingerprint density at radius 2 is 1.50 bits per heavy atom. The van der Waals surface area contributed by atoms with Crippen molar-refractivity contribution >= 4 is 23.0 Å². The average Bonchev–Trinajstić information content (AvgIpc) is 2.58. The first-order chi connectivity index (χ1) is 11.4. The highest BCUT2D eigenvalue weighted by Crippen LogP contribution is 2.57. The fraction of sp³-hybridized carbons (Fsp3) is 0.933. The van der Waals surface area contributed by atoms with E-state index in [4.69, 9.17) is 27.4 Å². The number of carbonyl (C=O) groups is 1. The van der Waals surface area contributed by atoms with Crippen LogP contribution in [0.1, 0.15) is 53.4 Å². The molecule has 0 N–H and O–H groups in total. The van der Waals surface area contributed by atoms with Crippen molar-refractivity contribution in [3.05, 3.63) is 0 Å². The van der Waals surface area contributed by atoms with Crippen molar-refractivity contribution in [1.82, 2.24) is 0 Å². The van der Waals surface area contributed by atoms with Crippen molar-refractivity contribution in [3.63, 3.8) is 0 Å². The molecule has 0 aromatic carbocycles. The monoisotopic (exact) mass is 386 g/mol. The molecule has 1 rings (SSSR count). The van der Waals surface area contributed by atoms with E-state index in [9.17, 15) is 4.57 Å². The third-order valence-electron chi connectivity index (χ3n) is 3.01. The molecule has 24 heavy (non-hydrogen) atoms. The minimum Gasteiger partial charge on any atom is -0.332 e. The van der Waals surface area contributed by atoms with Gasteiger partial charge in [-0.05, 0) is 12.8 Å². The van der Waals surface area contributed by atoms with Crippen LogP contribution >= 0.6 is 16.2 Å². The van der Waals surface area contributed by atoms with E-state index in [1.165, 1.54) is 0 Å². The molecule has 0 radical (unpaired) electrons. The van der Waals surface area contributed by atoms with Crippen molar-refractivity contribution < 1.29 is 32.0 Å². The number of hydrogen-bond donors (Lipinski definition) is 0. The van der Waals surface area contributed by atoms with Crippen molar-refractivity contribution in [2.75, 3.05) is 32.8 Å². The third kappa shape index (κ3) is 10.9. The quantitative estimate of drug-likeness (QED) is 0.369. The van der Waals surface area contributed by atoms with Crippen molar-refractivity contribution in [2.24, 2.45) is 5.41 Å². The van der Waals surface area contributed by atoms with E-state index in [2.05, 4.69) is 13.8 Å². The smallest absolute Gasteiger partial charge is 0.332 e. The highest BCUT2D eigenvalue weighted by atomic mass is 31.2. The van der Waals surface area contributed by atoms with E-state index in [-0.39, 0.29) is 11.8 Å². The molecule has 9 heteroatoms. The molecule has 0 amide bonds. The van der Waals surface area contributed by atoms with E-state index in [0.29, 0.717) is 26.4 Å². The summed E-state index contributed by atoms with van der Waals surface area (Å²) in [6.45, 7) is 12.1. The average molecular weight is 386 g/mol. The van der Waals surface area contributed by atoms with Crippen LogP contribution in [0.4, 0.5) is 0 Å². The van der Waals surface area contributed by atoms with Crippen molar-refractivity contribution in [3.8, 4) is 0 Å². The summed E-state index contributed by atoms with van der Waals surface area (Å²) >= 11 is 0. The summed E-state index contributed by atoms with van der Waals surface area (Å²) in [7, 11) is -4.69. The van der Waals surface area contributed by atoms with Gasteiger partial charge in [0.2, 0.25) is 0 Å². The number of phosphoric acid groups is 1. The number of phosphoric ester groups is 1. The van der Waals surface area contributed by atoms with Crippen molar-refractivity contribution in [1.29, 1.82) is 0 Å². The zero-order valence-corrected chi connectivity index (χ0v) is 17.1. The summed E-state index contributed by atoms with van der Waals surface area (Å²) in [4.78, 5) is 8.00. The molecule has 0 aromatic heterocycles. The molecular formula is C15H32O7P2. The van der Waals surface area contributed by atoms with Gasteiger partial charge in [-0.2, -0.15) is 0 Å². The Labute approximate surface area is 147 Å². The molecule has 0 aromatic rings. The Morgan fingerprint density at radius 1 is 1.04 bits per heavy atom. The molecule has 144 valence electrons. The van der Waals surface area contributed by atoms with Crippen LogP contribution in [-0.4, -0.2) is 39.6 Å². The Balaban J connectivity index is 0.00000254. The second-order valence-corrected chi connectivity index (χ2v) is 9.23. The molecular weight excluding hydrogens is 354 g/mol. The largest absolute Gasteiger partial charge is 0.475 e. The van der Waals surface area contributed by atoms with E-state index < -0.39 is 16.2 Å². The van der Waals surface area contributed by atoms with Crippen LogP contribution in [0.15, 0.2) is 0 Å². The number of rotatable bonds is 11. The first-order valence-electron chi connectivity index (χ1n) is 8.27. The topological polar surface area (TPSA) is 80.3 Å². The summed E-state index contributed by atoms with van der Waals surface area (Å²) < 4.78 is 39.7. The minimum absolute atomic E-state index is 0.112. The lowest BCUT2D eigenvalue weighted by molar-refractivity contribution is -0.0980. The SMILES string of the molecule is C=O.CCCCOP(COP1(=O)OCC(C)(C)CO1)OCCCC. The van der Waals surface area contributed by atoms with Crippen LogP contribution in [0.5, 0.6) is 0 Å². The Hall–Kier alpha value is 0.130. The molecule has 0 atom stereocenters. The summed E-state index contributed by atoms with van der Waals surface area (Å²) in [6.07, 6.45) is 4.15. The molecule has 0 bridgehead atoms. The van der Waals surface area contributed by atoms with Gasteiger partial charge in [-0.25, -0.2) is 4.57 Å². The Bertz CT molecular complexity index is 342. The van der Waals surface area contributed by atoms with E-state index in [1.807, 2.05) is 20.6 Å². The first kappa shape index (κ1) is 24.1. The van der Waals surface area contributed by atoms with Crippen LogP contribution in [0, 0.1) is 5.41 Å². The lowest BCUT2D eigenvalue weighted by Gasteiger charge is -2.33. The standard InChI is InChI=1S/C14H30O6P2.CH2O/c1-5-7-9-16-21(17-10-8-6-2)13-20-22(15)18-11-14(3,4)12-19-22;1-2/h5-13H2,1-4H3;1H2. The number of carbonyl (C=O) groups excluding carboxylic acids is 1. The maximum atomic E-state index is 12.3. The fourth-order valence-corrected chi connectivity index (χ4v) is 4.58. The molecule has 7 nitrogen and oxygen atoms in total. The predicted molar refractivity (Wildman–Crippen MR) is 95.0 cm³/mol. The maximum Gasteiger partial charge on any atom is 0.475 e. The van der Waals surface area contributed by atoms with Crippen LogP contribution in [0.3, 0.4) is 0 Å². The second kappa shape index (κ2) is 13.3. The van der Waals surface area contributed by atoms with Crippen LogP contribution < -0.4 is 0 Å². The summed E-state index contributed by atoms with van der Waals surface area (Å²) in [5.74, 6) is 0. The van der Waals surface area contributed by atoms with Gasteiger partial charge in [0, 0.05) is 5.41 Å². The lowest BCUT2D eigenvalue weighted by Crippen LogP contribution is -2.29. The molecule has 1 heterocycles.